The molecule has 4 aromatic rings. The number of aromatic nitrogens is 5. The first kappa shape index (κ1) is 23.1. The molecule has 0 saturated heterocycles. The van der Waals surface area contributed by atoms with Crippen molar-refractivity contribution in [1.29, 1.82) is 0 Å². The topological polar surface area (TPSA) is 109 Å². The van der Waals surface area contributed by atoms with Crippen molar-refractivity contribution < 1.29 is 22.7 Å². The molecule has 8 rings (SSSR count). The number of nitrogens with zero attached hydrogens (tertiary/aromatic N) is 4. The molecule has 9 nitrogen and oxygen atoms in total. The van der Waals surface area contributed by atoms with Crippen molar-refractivity contribution in [2.45, 2.75) is 55.8 Å². The molecule has 0 radical (unpaired) electrons. The van der Waals surface area contributed by atoms with Crippen LogP contribution in [-0.4, -0.2) is 48.7 Å². The second-order valence-electron chi connectivity index (χ2n) is 10.6. The van der Waals surface area contributed by atoms with E-state index in [1.165, 1.54) is 22.8 Å². The van der Waals surface area contributed by atoms with E-state index >= 15 is 4.39 Å². The minimum absolute atomic E-state index is 0.115. The van der Waals surface area contributed by atoms with Gasteiger partial charge in [0, 0.05) is 47.2 Å². The lowest BCUT2D eigenvalue weighted by atomic mass is 9.50. The average molecular weight is 524 g/mol. The standard InChI is InChI=1S/C26H24F3N7O2/c27-15-5-14(6-16(28)7-15)18-8-20-24(30-3-4-36(20)35-18)31-22-9-19(33-34-22)17-1-2-21(23(17)29)38-25(37)32-26-10-13(11-26)12-26/h3-9,13,17,21,23H,1-2,10-12H2,(H,32,37)(H2,30,31,33,34)/t13?,17-,21-,23+,26?/m0/s1. The number of anilines is 2. The number of alkyl halides is 1. The van der Waals surface area contributed by atoms with E-state index in [1.807, 2.05) is 0 Å². The van der Waals surface area contributed by atoms with E-state index in [9.17, 15) is 13.6 Å². The van der Waals surface area contributed by atoms with Crippen LogP contribution in [0.5, 0.6) is 0 Å². The largest absolute Gasteiger partial charge is 0.443 e. The fourth-order valence-electron chi connectivity index (χ4n) is 5.96. The molecule has 4 fully saturated rings. The van der Waals surface area contributed by atoms with Gasteiger partial charge in [0.25, 0.3) is 0 Å². The van der Waals surface area contributed by atoms with Crippen LogP contribution in [0.2, 0.25) is 0 Å². The number of amides is 1. The fourth-order valence-corrected chi connectivity index (χ4v) is 5.96. The summed E-state index contributed by atoms with van der Waals surface area (Å²) in [5.74, 6) is -0.329. The summed E-state index contributed by atoms with van der Waals surface area (Å²) in [6.07, 6.45) is 4.36. The predicted octanol–water partition coefficient (Wildman–Crippen LogP) is 5.00. The van der Waals surface area contributed by atoms with E-state index in [4.69, 9.17) is 4.74 Å². The number of H-pyrrole nitrogens is 1. The molecule has 1 amide bonds. The Morgan fingerprint density at radius 1 is 1.11 bits per heavy atom. The Balaban J connectivity index is 1.05. The zero-order valence-corrected chi connectivity index (χ0v) is 20.1. The van der Waals surface area contributed by atoms with Crippen LogP contribution >= 0.6 is 0 Å². The predicted molar refractivity (Wildman–Crippen MR) is 131 cm³/mol. The molecule has 12 heteroatoms. The molecule has 0 aliphatic heterocycles. The van der Waals surface area contributed by atoms with E-state index < -0.39 is 35.9 Å². The number of rotatable bonds is 6. The Morgan fingerprint density at radius 3 is 2.63 bits per heavy atom. The molecule has 4 saturated carbocycles. The van der Waals surface area contributed by atoms with Crippen LogP contribution < -0.4 is 10.6 Å². The number of alkyl carbamates (subject to hydrolysis) is 1. The van der Waals surface area contributed by atoms with Gasteiger partial charge in [0.15, 0.2) is 11.6 Å². The Bertz CT molecular complexity index is 1520. The van der Waals surface area contributed by atoms with Gasteiger partial charge < -0.3 is 15.4 Å². The monoisotopic (exact) mass is 523 g/mol. The molecule has 3 atom stereocenters. The van der Waals surface area contributed by atoms with Crippen molar-refractivity contribution in [3.8, 4) is 11.3 Å². The van der Waals surface area contributed by atoms with Crippen LogP contribution in [-0.2, 0) is 4.74 Å². The van der Waals surface area contributed by atoms with Crippen LogP contribution in [0.4, 0.5) is 29.6 Å². The number of aromatic amines is 1. The average Bonchev–Trinajstić information content (AvgIpc) is 3.55. The lowest BCUT2D eigenvalue weighted by Gasteiger charge is -2.61. The van der Waals surface area contributed by atoms with Crippen molar-refractivity contribution in [3.05, 3.63) is 60.1 Å². The molecule has 2 bridgehead atoms. The molecular weight excluding hydrogens is 499 g/mol. The number of fused-ring (bicyclic) bond motifs is 1. The Morgan fingerprint density at radius 2 is 1.89 bits per heavy atom. The van der Waals surface area contributed by atoms with E-state index in [2.05, 4.69) is 30.9 Å². The molecule has 3 heterocycles. The third-order valence-corrected chi connectivity index (χ3v) is 7.96. The number of ether oxygens (including phenoxy) is 1. The first-order valence-corrected chi connectivity index (χ1v) is 12.6. The maximum absolute atomic E-state index is 15.3. The number of carbonyl (C=O) groups is 1. The van der Waals surface area contributed by atoms with E-state index in [0.717, 1.165) is 31.2 Å². The zero-order chi connectivity index (χ0) is 26.0. The third kappa shape index (κ3) is 3.95. The summed E-state index contributed by atoms with van der Waals surface area (Å²) in [4.78, 5) is 16.6. The van der Waals surface area contributed by atoms with Gasteiger partial charge in [-0.1, -0.05) is 0 Å². The van der Waals surface area contributed by atoms with Gasteiger partial charge in [-0.15, -0.1) is 0 Å². The highest BCUT2D eigenvalue weighted by molar-refractivity contribution is 5.77. The number of hydrogen-bond donors (Lipinski definition) is 3. The minimum Gasteiger partial charge on any atom is -0.443 e. The molecular formula is C26H24F3N7O2. The number of benzene rings is 1. The number of halogens is 3. The second kappa shape index (κ2) is 8.47. The maximum atomic E-state index is 15.3. The first-order valence-electron chi connectivity index (χ1n) is 12.6. The van der Waals surface area contributed by atoms with Crippen molar-refractivity contribution >= 4 is 23.2 Å². The van der Waals surface area contributed by atoms with E-state index in [-0.39, 0.29) is 5.54 Å². The molecule has 38 heavy (non-hydrogen) atoms. The van der Waals surface area contributed by atoms with Gasteiger partial charge >= 0.3 is 6.09 Å². The fraction of sp³-hybridized carbons (Fsp3) is 0.385. The van der Waals surface area contributed by atoms with Gasteiger partial charge in [-0.2, -0.15) is 10.2 Å². The van der Waals surface area contributed by atoms with Gasteiger partial charge in [0.05, 0.1) is 5.69 Å². The SMILES string of the molecule is O=C(NC12CC(C1)C2)O[C@H]1CC[C@@H](c2cc(Nc3nccn4nc(-c5cc(F)cc(F)c5)cc34)n[nH]2)[C@H]1F. The lowest BCUT2D eigenvalue weighted by Crippen LogP contribution is -2.68. The summed E-state index contributed by atoms with van der Waals surface area (Å²) in [7, 11) is 0. The Labute approximate surface area is 214 Å². The highest BCUT2D eigenvalue weighted by atomic mass is 19.1. The summed E-state index contributed by atoms with van der Waals surface area (Å²) >= 11 is 0. The molecule has 3 N–H and O–H groups in total. The van der Waals surface area contributed by atoms with Crippen molar-refractivity contribution in [3.63, 3.8) is 0 Å². The minimum atomic E-state index is -1.35. The highest BCUT2D eigenvalue weighted by Gasteiger charge is 2.58. The number of nitrogens with one attached hydrogen (secondary N) is 3. The van der Waals surface area contributed by atoms with Gasteiger partial charge in [-0.25, -0.2) is 27.5 Å². The normalized spacial score (nSPS) is 27.6. The zero-order valence-electron chi connectivity index (χ0n) is 20.1. The summed E-state index contributed by atoms with van der Waals surface area (Å²) in [6.45, 7) is 0. The smallest absolute Gasteiger partial charge is 0.407 e. The van der Waals surface area contributed by atoms with Gasteiger partial charge in [0.1, 0.15) is 29.4 Å². The molecule has 0 unspecified atom stereocenters. The molecule has 3 aromatic heterocycles. The highest BCUT2D eigenvalue weighted by Crippen LogP contribution is 2.57. The van der Waals surface area contributed by atoms with Crippen LogP contribution in [0.1, 0.15) is 43.7 Å². The molecule has 1 aromatic carbocycles. The molecule has 4 aliphatic carbocycles. The third-order valence-electron chi connectivity index (χ3n) is 7.96. The Hall–Kier alpha value is -4.09. The van der Waals surface area contributed by atoms with Gasteiger partial charge in [-0.05, 0) is 56.2 Å². The molecule has 0 spiro atoms. The second-order valence-corrected chi connectivity index (χ2v) is 10.6. The summed E-state index contributed by atoms with van der Waals surface area (Å²) in [5.41, 5.74) is 1.70. The molecule has 196 valence electrons. The first-order chi connectivity index (χ1) is 18.3. The van der Waals surface area contributed by atoms with Crippen molar-refractivity contribution in [2.75, 3.05) is 5.32 Å². The van der Waals surface area contributed by atoms with Crippen LogP contribution in [0, 0.1) is 17.6 Å². The summed E-state index contributed by atoms with van der Waals surface area (Å²) in [5, 5.41) is 17.5. The van der Waals surface area contributed by atoms with Gasteiger partial charge in [0.2, 0.25) is 0 Å². The van der Waals surface area contributed by atoms with Crippen molar-refractivity contribution in [1.82, 2.24) is 30.1 Å². The summed E-state index contributed by atoms with van der Waals surface area (Å²) < 4.78 is 49.6. The molecule has 4 aliphatic rings. The van der Waals surface area contributed by atoms with Gasteiger partial charge in [-0.3, -0.25) is 5.10 Å². The van der Waals surface area contributed by atoms with Crippen LogP contribution in [0.25, 0.3) is 16.8 Å². The number of hydrogen-bond acceptors (Lipinski definition) is 6. The van der Waals surface area contributed by atoms with E-state index in [1.54, 1.807) is 18.3 Å². The maximum Gasteiger partial charge on any atom is 0.407 e. The lowest BCUT2D eigenvalue weighted by molar-refractivity contribution is -0.0532. The van der Waals surface area contributed by atoms with E-state index in [0.29, 0.717) is 46.9 Å². The Kier molecular flexibility index (Phi) is 5.14. The summed E-state index contributed by atoms with van der Waals surface area (Å²) in [6, 6.07) is 6.57. The van der Waals surface area contributed by atoms with Crippen molar-refractivity contribution in [2.24, 2.45) is 5.92 Å². The quantitative estimate of drug-likeness (QED) is 0.328. The van der Waals surface area contributed by atoms with Crippen LogP contribution in [0.15, 0.2) is 42.7 Å². The number of carbonyl (C=O) groups excluding carboxylic acids is 1. The van der Waals surface area contributed by atoms with Crippen LogP contribution in [0.3, 0.4) is 0 Å².